The molecule has 3 rings (SSSR count). The number of aromatic carboxylic acids is 1. The molecule has 0 aliphatic heterocycles. The van der Waals surface area contributed by atoms with E-state index >= 15 is 0 Å². The average molecular weight is 305 g/mol. The second-order valence-electron chi connectivity index (χ2n) is 5.27. The number of carbonyl (C=O) groups is 1. The van der Waals surface area contributed by atoms with Crippen LogP contribution in [-0.4, -0.2) is 15.6 Å². The third-order valence-corrected chi connectivity index (χ3v) is 3.79. The van der Waals surface area contributed by atoms with Gasteiger partial charge in [-0.25, -0.2) is 4.79 Å². The molecule has 1 N–H and O–H groups in total. The number of hydrogen-bond donors (Lipinski definition) is 1. The number of nitrogens with zero attached hydrogens (tertiary/aromatic N) is 1. The van der Waals surface area contributed by atoms with E-state index in [9.17, 15) is 14.7 Å². The highest BCUT2D eigenvalue weighted by atomic mass is 16.4. The van der Waals surface area contributed by atoms with Crippen LogP contribution in [0.5, 0.6) is 0 Å². The molecule has 0 fully saturated rings. The maximum atomic E-state index is 12.3. The van der Waals surface area contributed by atoms with Crippen LogP contribution in [0.15, 0.2) is 66.1 Å². The van der Waals surface area contributed by atoms with Crippen molar-refractivity contribution in [1.82, 2.24) is 4.57 Å². The largest absolute Gasteiger partial charge is 0.477 e. The van der Waals surface area contributed by atoms with Gasteiger partial charge in [0.2, 0.25) is 5.43 Å². The summed E-state index contributed by atoms with van der Waals surface area (Å²) in [6.07, 6.45) is 3.18. The average Bonchev–Trinajstić information content (AvgIpc) is 2.58. The Labute approximate surface area is 132 Å². The second kappa shape index (κ2) is 5.93. The van der Waals surface area contributed by atoms with Crippen molar-refractivity contribution < 1.29 is 9.90 Å². The van der Waals surface area contributed by atoms with Gasteiger partial charge < -0.3 is 9.67 Å². The first-order valence-corrected chi connectivity index (χ1v) is 7.17. The van der Waals surface area contributed by atoms with E-state index in [2.05, 4.69) is 6.58 Å². The number of aromatic nitrogens is 1. The van der Waals surface area contributed by atoms with Gasteiger partial charge in [-0.3, -0.25) is 4.79 Å². The predicted molar refractivity (Wildman–Crippen MR) is 90.8 cm³/mol. The highest BCUT2D eigenvalue weighted by molar-refractivity contribution is 5.92. The van der Waals surface area contributed by atoms with Crippen molar-refractivity contribution in [2.75, 3.05) is 0 Å². The summed E-state index contributed by atoms with van der Waals surface area (Å²) >= 11 is 0. The van der Waals surface area contributed by atoms with Crippen molar-refractivity contribution in [1.29, 1.82) is 0 Å². The van der Waals surface area contributed by atoms with Crippen LogP contribution in [0.1, 0.15) is 21.5 Å². The zero-order valence-electron chi connectivity index (χ0n) is 12.4. The molecule has 23 heavy (non-hydrogen) atoms. The number of carboxylic acid groups (broad SMARTS) is 1. The summed E-state index contributed by atoms with van der Waals surface area (Å²) in [7, 11) is 0. The fourth-order valence-corrected chi connectivity index (χ4v) is 2.58. The molecule has 114 valence electrons. The second-order valence-corrected chi connectivity index (χ2v) is 5.27. The smallest absolute Gasteiger partial charge is 0.341 e. The number of rotatable bonds is 4. The Bertz CT molecular complexity index is 953. The Balaban J connectivity index is 2.15. The van der Waals surface area contributed by atoms with Crippen LogP contribution >= 0.6 is 0 Å². The van der Waals surface area contributed by atoms with E-state index in [1.54, 1.807) is 22.8 Å². The molecule has 0 bridgehead atoms. The van der Waals surface area contributed by atoms with Crippen molar-refractivity contribution in [3.8, 4) is 0 Å². The molecule has 0 unspecified atom stereocenters. The van der Waals surface area contributed by atoms with Gasteiger partial charge in [0.1, 0.15) is 5.56 Å². The summed E-state index contributed by atoms with van der Waals surface area (Å²) in [6, 6.07) is 14.9. The van der Waals surface area contributed by atoms with Crippen LogP contribution < -0.4 is 5.43 Å². The molecule has 0 spiro atoms. The van der Waals surface area contributed by atoms with Gasteiger partial charge >= 0.3 is 5.97 Å². The Kier molecular flexibility index (Phi) is 3.81. The maximum Gasteiger partial charge on any atom is 0.341 e. The summed E-state index contributed by atoms with van der Waals surface area (Å²) in [5.74, 6) is -1.21. The third-order valence-electron chi connectivity index (χ3n) is 3.79. The molecule has 3 aromatic rings. The summed E-state index contributed by atoms with van der Waals surface area (Å²) in [6.45, 7) is 4.21. The Morgan fingerprint density at radius 2 is 1.83 bits per heavy atom. The molecule has 4 nitrogen and oxygen atoms in total. The zero-order chi connectivity index (χ0) is 16.4. The van der Waals surface area contributed by atoms with Crippen LogP contribution in [0, 0.1) is 0 Å². The fraction of sp³-hybridized carbons (Fsp3) is 0.0526. The Morgan fingerprint density at radius 3 is 2.48 bits per heavy atom. The van der Waals surface area contributed by atoms with Crippen LogP contribution in [0.3, 0.4) is 0 Å². The van der Waals surface area contributed by atoms with Gasteiger partial charge in [0, 0.05) is 18.1 Å². The van der Waals surface area contributed by atoms with E-state index in [1.165, 1.54) is 6.20 Å². The van der Waals surface area contributed by atoms with Crippen LogP contribution in [0.4, 0.5) is 0 Å². The van der Waals surface area contributed by atoms with E-state index in [1.807, 2.05) is 36.4 Å². The topological polar surface area (TPSA) is 59.3 Å². The van der Waals surface area contributed by atoms with E-state index in [0.717, 1.165) is 16.6 Å². The molecule has 1 aromatic heterocycles. The molecule has 0 saturated carbocycles. The molecule has 0 aliphatic carbocycles. The summed E-state index contributed by atoms with van der Waals surface area (Å²) in [5, 5.41) is 9.67. The van der Waals surface area contributed by atoms with Gasteiger partial charge in [-0.2, -0.15) is 0 Å². The number of pyridine rings is 1. The highest BCUT2D eigenvalue weighted by Crippen LogP contribution is 2.15. The highest BCUT2D eigenvalue weighted by Gasteiger charge is 2.14. The molecule has 4 heteroatoms. The molecule has 0 aliphatic rings. The number of benzene rings is 2. The molecular weight excluding hydrogens is 290 g/mol. The zero-order valence-corrected chi connectivity index (χ0v) is 12.4. The van der Waals surface area contributed by atoms with Crippen molar-refractivity contribution in [2.45, 2.75) is 6.54 Å². The van der Waals surface area contributed by atoms with Crippen molar-refractivity contribution in [3.05, 3.63) is 88.2 Å². The monoisotopic (exact) mass is 305 g/mol. The summed E-state index contributed by atoms with van der Waals surface area (Å²) in [4.78, 5) is 23.6. The molecular formula is C19H15NO3. The lowest BCUT2D eigenvalue weighted by Crippen LogP contribution is -2.19. The number of para-hydroxylation sites is 1. The van der Waals surface area contributed by atoms with Gasteiger partial charge in [-0.05, 0) is 23.3 Å². The molecule has 1 heterocycles. The van der Waals surface area contributed by atoms with Crippen LogP contribution in [0.2, 0.25) is 0 Å². The fourth-order valence-electron chi connectivity index (χ4n) is 2.58. The summed E-state index contributed by atoms with van der Waals surface area (Å²) < 4.78 is 1.79. The number of carboxylic acids is 1. The van der Waals surface area contributed by atoms with E-state index in [-0.39, 0.29) is 5.56 Å². The van der Waals surface area contributed by atoms with Crippen molar-refractivity contribution >= 4 is 22.9 Å². The quantitative estimate of drug-likeness (QED) is 0.803. The lowest BCUT2D eigenvalue weighted by molar-refractivity contribution is 0.0695. The number of fused-ring (bicyclic) bond motifs is 1. The molecule has 0 saturated heterocycles. The first-order chi connectivity index (χ1) is 11.1. The van der Waals surface area contributed by atoms with Crippen molar-refractivity contribution in [3.63, 3.8) is 0 Å². The Hall–Kier alpha value is -3.14. The van der Waals surface area contributed by atoms with Gasteiger partial charge in [-0.15, -0.1) is 0 Å². The lowest BCUT2D eigenvalue weighted by Gasteiger charge is -2.12. The van der Waals surface area contributed by atoms with Crippen LogP contribution in [0.25, 0.3) is 17.0 Å². The SMILES string of the molecule is C=Cc1ccc(Cn2cc(C(=O)O)c(=O)c3ccccc32)cc1. The first kappa shape index (κ1) is 14.8. The van der Waals surface area contributed by atoms with E-state index in [0.29, 0.717) is 11.9 Å². The minimum absolute atomic E-state index is 0.216. The van der Waals surface area contributed by atoms with Gasteiger partial charge in [0.25, 0.3) is 0 Å². The minimum atomic E-state index is -1.21. The molecule has 0 atom stereocenters. The van der Waals surface area contributed by atoms with Gasteiger partial charge in [0.05, 0.1) is 5.52 Å². The first-order valence-electron chi connectivity index (χ1n) is 7.17. The summed E-state index contributed by atoms with van der Waals surface area (Å²) in [5.41, 5.74) is 2.08. The normalized spacial score (nSPS) is 10.6. The minimum Gasteiger partial charge on any atom is -0.477 e. The van der Waals surface area contributed by atoms with E-state index in [4.69, 9.17) is 0 Å². The van der Waals surface area contributed by atoms with E-state index < -0.39 is 11.4 Å². The molecule has 2 aromatic carbocycles. The standard InChI is InChI=1S/C19H15NO3/c1-2-13-7-9-14(10-8-13)11-20-12-16(19(22)23)18(21)15-5-3-4-6-17(15)20/h2-10,12H,1,11H2,(H,22,23). The molecule has 0 amide bonds. The Morgan fingerprint density at radius 1 is 1.13 bits per heavy atom. The third kappa shape index (κ3) is 2.79. The van der Waals surface area contributed by atoms with Gasteiger partial charge in [-0.1, -0.05) is 49.1 Å². The predicted octanol–water partition coefficient (Wildman–Crippen LogP) is 3.39. The van der Waals surface area contributed by atoms with Crippen molar-refractivity contribution in [2.24, 2.45) is 0 Å². The van der Waals surface area contributed by atoms with Crippen LogP contribution in [-0.2, 0) is 6.54 Å². The van der Waals surface area contributed by atoms with Gasteiger partial charge in [0.15, 0.2) is 0 Å². The number of hydrogen-bond acceptors (Lipinski definition) is 2. The lowest BCUT2D eigenvalue weighted by atomic mass is 10.1. The molecule has 0 radical (unpaired) electrons. The maximum absolute atomic E-state index is 12.3.